The van der Waals surface area contributed by atoms with Gasteiger partial charge in [-0.25, -0.2) is 13.4 Å². The number of nitrogens with one attached hydrogen (secondary N) is 1. The van der Waals surface area contributed by atoms with Crippen molar-refractivity contribution in [2.75, 3.05) is 37.5 Å². The fourth-order valence-electron chi connectivity index (χ4n) is 3.35. The summed E-state index contributed by atoms with van der Waals surface area (Å²) in [6.45, 7) is 3.60. The van der Waals surface area contributed by atoms with Crippen LogP contribution in [0.1, 0.15) is 18.6 Å². The van der Waals surface area contributed by atoms with Crippen LogP contribution >= 0.6 is 0 Å². The molecule has 1 atom stereocenters. The van der Waals surface area contributed by atoms with Crippen molar-refractivity contribution in [3.63, 3.8) is 0 Å². The van der Waals surface area contributed by atoms with E-state index in [-0.39, 0.29) is 11.9 Å². The molecule has 8 heteroatoms. The van der Waals surface area contributed by atoms with Gasteiger partial charge in [-0.1, -0.05) is 19.1 Å². The number of H-pyrrole nitrogens is 1. The van der Waals surface area contributed by atoms with Crippen LogP contribution in [0.15, 0.2) is 47.4 Å². The highest BCUT2D eigenvalue weighted by Gasteiger charge is 2.24. The summed E-state index contributed by atoms with van der Waals surface area (Å²) in [5, 5.41) is 0. The first kappa shape index (κ1) is 18.8. The maximum atomic E-state index is 12.1. The lowest BCUT2D eigenvalue weighted by atomic mass is 10.1. The zero-order valence-electron chi connectivity index (χ0n) is 15.9. The number of morpholine rings is 1. The summed E-state index contributed by atoms with van der Waals surface area (Å²) in [6, 6.07) is 12.9. The Morgan fingerprint density at radius 3 is 2.75 bits per heavy atom. The number of imidazole rings is 1. The lowest BCUT2D eigenvalue weighted by Crippen LogP contribution is -2.39. The first-order valence-electron chi connectivity index (χ1n) is 9.23. The number of nitrogens with zero attached hydrogens (tertiary/aromatic N) is 2. The second-order valence-electron chi connectivity index (χ2n) is 6.72. The topological polar surface area (TPSA) is 84.5 Å². The minimum absolute atomic E-state index is 0.0658. The van der Waals surface area contributed by atoms with Crippen LogP contribution in [0.4, 0.5) is 5.95 Å². The molecule has 148 valence electrons. The number of rotatable bonds is 5. The van der Waals surface area contributed by atoms with E-state index in [0.717, 1.165) is 28.3 Å². The molecule has 1 saturated heterocycles. The van der Waals surface area contributed by atoms with E-state index in [1.807, 2.05) is 24.3 Å². The van der Waals surface area contributed by atoms with Crippen molar-refractivity contribution < 1.29 is 17.9 Å². The van der Waals surface area contributed by atoms with Gasteiger partial charge >= 0.3 is 0 Å². The molecule has 1 unspecified atom stereocenters. The maximum absolute atomic E-state index is 12.1. The number of hydrogen-bond acceptors (Lipinski definition) is 6. The quantitative estimate of drug-likeness (QED) is 0.708. The second-order valence-corrected chi connectivity index (χ2v) is 9.00. The van der Waals surface area contributed by atoms with Gasteiger partial charge in [-0.05, 0) is 35.9 Å². The summed E-state index contributed by atoms with van der Waals surface area (Å²) >= 11 is 0. The van der Waals surface area contributed by atoms with Gasteiger partial charge in [-0.2, -0.15) is 0 Å². The molecular weight excluding hydrogens is 378 g/mol. The van der Waals surface area contributed by atoms with Gasteiger partial charge in [0.25, 0.3) is 0 Å². The third-order valence-corrected chi connectivity index (χ3v) is 6.77. The molecule has 1 aliphatic heterocycles. The van der Waals surface area contributed by atoms with Crippen LogP contribution < -0.4 is 9.64 Å². The molecule has 1 aromatic heterocycles. The van der Waals surface area contributed by atoms with Gasteiger partial charge in [0.1, 0.15) is 11.9 Å². The fraction of sp³-hybridized carbons (Fsp3) is 0.350. The summed E-state index contributed by atoms with van der Waals surface area (Å²) in [5.41, 5.74) is 2.55. The van der Waals surface area contributed by atoms with Gasteiger partial charge in [0.05, 0.1) is 41.9 Å². The molecule has 0 aliphatic carbocycles. The normalized spacial score (nSPS) is 17.8. The van der Waals surface area contributed by atoms with Crippen molar-refractivity contribution in [2.24, 2.45) is 0 Å². The van der Waals surface area contributed by atoms with Crippen LogP contribution in [-0.4, -0.2) is 50.9 Å². The Hall–Kier alpha value is -2.58. The van der Waals surface area contributed by atoms with Crippen molar-refractivity contribution in [3.05, 3.63) is 48.0 Å². The van der Waals surface area contributed by atoms with Crippen molar-refractivity contribution in [1.29, 1.82) is 0 Å². The molecule has 1 N–H and O–H groups in total. The van der Waals surface area contributed by atoms with E-state index in [4.69, 9.17) is 9.47 Å². The molecule has 3 aromatic rings. The standard InChI is InChI=1S/C20H23N3O4S/c1-3-28(24,25)16-8-9-17-18(12-16)22-20(21-17)23-10-11-27-19(13-23)14-4-6-15(26-2)7-5-14/h4-9,12,19H,3,10-11,13H2,1-2H3,(H,21,22). The van der Waals surface area contributed by atoms with Crippen molar-refractivity contribution in [1.82, 2.24) is 9.97 Å². The van der Waals surface area contributed by atoms with E-state index in [0.29, 0.717) is 24.6 Å². The van der Waals surface area contributed by atoms with Gasteiger partial charge < -0.3 is 19.4 Å². The highest BCUT2D eigenvalue weighted by molar-refractivity contribution is 7.91. The minimum Gasteiger partial charge on any atom is -0.497 e. The van der Waals surface area contributed by atoms with Crippen molar-refractivity contribution in [2.45, 2.75) is 17.9 Å². The molecule has 4 rings (SSSR count). The van der Waals surface area contributed by atoms with E-state index in [9.17, 15) is 8.42 Å². The number of aromatic amines is 1. The van der Waals surface area contributed by atoms with Crippen LogP contribution in [-0.2, 0) is 14.6 Å². The monoisotopic (exact) mass is 401 g/mol. The molecule has 0 saturated carbocycles. The molecule has 7 nitrogen and oxygen atoms in total. The van der Waals surface area contributed by atoms with Crippen LogP contribution in [0.2, 0.25) is 0 Å². The minimum atomic E-state index is -3.25. The summed E-state index contributed by atoms with van der Waals surface area (Å²) in [6.07, 6.45) is -0.0658. The Morgan fingerprint density at radius 2 is 2.04 bits per heavy atom. The van der Waals surface area contributed by atoms with E-state index in [1.165, 1.54) is 0 Å². The van der Waals surface area contributed by atoms with Crippen LogP contribution in [0.3, 0.4) is 0 Å². The third kappa shape index (κ3) is 3.57. The van der Waals surface area contributed by atoms with Gasteiger partial charge in [0, 0.05) is 6.54 Å². The number of benzene rings is 2. The van der Waals surface area contributed by atoms with Gasteiger partial charge in [0.2, 0.25) is 5.95 Å². The fourth-order valence-corrected chi connectivity index (χ4v) is 4.25. The van der Waals surface area contributed by atoms with Gasteiger partial charge in [-0.3, -0.25) is 0 Å². The van der Waals surface area contributed by atoms with Crippen LogP contribution in [0.5, 0.6) is 5.75 Å². The van der Waals surface area contributed by atoms with Crippen LogP contribution in [0, 0.1) is 0 Å². The molecule has 2 aromatic carbocycles. The number of fused-ring (bicyclic) bond motifs is 1. The number of anilines is 1. The van der Waals surface area contributed by atoms with E-state index < -0.39 is 9.84 Å². The predicted octanol–water partition coefficient (Wildman–Crippen LogP) is 2.94. The lowest BCUT2D eigenvalue weighted by molar-refractivity contribution is 0.0393. The summed E-state index contributed by atoms with van der Waals surface area (Å²) < 4.78 is 35.4. The maximum Gasteiger partial charge on any atom is 0.204 e. The van der Waals surface area contributed by atoms with Crippen molar-refractivity contribution >= 4 is 26.8 Å². The molecular formula is C20H23N3O4S. The van der Waals surface area contributed by atoms with Gasteiger partial charge in [0.15, 0.2) is 9.84 Å². The molecule has 0 spiro atoms. The number of hydrogen-bond donors (Lipinski definition) is 1. The third-order valence-electron chi connectivity index (χ3n) is 5.03. The largest absolute Gasteiger partial charge is 0.497 e. The smallest absolute Gasteiger partial charge is 0.204 e. The average molecular weight is 401 g/mol. The number of ether oxygens (including phenoxy) is 2. The molecule has 28 heavy (non-hydrogen) atoms. The molecule has 0 radical (unpaired) electrons. The SMILES string of the molecule is CCS(=O)(=O)c1ccc2nc(N3CCOC(c4ccc(OC)cc4)C3)[nH]c2c1. The van der Waals surface area contributed by atoms with E-state index in [1.54, 1.807) is 32.2 Å². The second kappa shape index (κ2) is 7.44. The molecule has 0 bridgehead atoms. The Bertz CT molecular complexity index is 1080. The Labute approximate surface area is 164 Å². The summed E-state index contributed by atoms with van der Waals surface area (Å²) in [5.74, 6) is 1.61. The first-order chi connectivity index (χ1) is 13.5. The molecule has 2 heterocycles. The zero-order valence-corrected chi connectivity index (χ0v) is 16.7. The van der Waals surface area contributed by atoms with Gasteiger partial charge in [-0.15, -0.1) is 0 Å². The highest BCUT2D eigenvalue weighted by Crippen LogP contribution is 2.28. The Balaban J connectivity index is 1.58. The lowest BCUT2D eigenvalue weighted by Gasteiger charge is -2.33. The summed E-state index contributed by atoms with van der Waals surface area (Å²) in [7, 11) is -1.60. The number of methoxy groups -OCH3 is 1. The average Bonchev–Trinajstić information content (AvgIpc) is 3.17. The van der Waals surface area contributed by atoms with E-state index in [2.05, 4.69) is 14.9 Å². The van der Waals surface area contributed by atoms with Crippen molar-refractivity contribution in [3.8, 4) is 5.75 Å². The Morgan fingerprint density at radius 1 is 1.25 bits per heavy atom. The zero-order chi connectivity index (χ0) is 19.7. The highest BCUT2D eigenvalue weighted by atomic mass is 32.2. The summed E-state index contributed by atoms with van der Waals surface area (Å²) in [4.78, 5) is 10.4. The van der Waals surface area contributed by atoms with E-state index >= 15 is 0 Å². The first-order valence-corrected chi connectivity index (χ1v) is 10.9. The predicted molar refractivity (Wildman–Crippen MR) is 108 cm³/mol. The molecule has 1 fully saturated rings. The Kier molecular flexibility index (Phi) is 4.99. The molecule has 0 amide bonds. The number of aromatic nitrogens is 2. The number of sulfone groups is 1. The molecule has 1 aliphatic rings. The van der Waals surface area contributed by atoms with Crippen LogP contribution in [0.25, 0.3) is 11.0 Å².